The van der Waals surface area contributed by atoms with Gasteiger partial charge < -0.3 is 55.3 Å². The number of hydrogen-bond donors (Lipinski definition) is 8. The molecule has 0 aromatic carbocycles. The zero-order valence-electron chi connectivity index (χ0n) is 14.0. The lowest BCUT2D eigenvalue weighted by molar-refractivity contribution is -0.311. The van der Waals surface area contributed by atoms with E-state index in [2.05, 4.69) is 5.32 Å². The Hall–Kier alpha value is -0.930. The summed E-state index contributed by atoms with van der Waals surface area (Å²) in [4.78, 5) is 11.3. The second-order valence-electron chi connectivity index (χ2n) is 6.30. The number of aliphatic hydroxyl groups is 7. The third-order valence-electron chi connectivity index (χ3n) is 4.36. The van der Waals surface area contributed by atoms with Gasteiger partial charge in [-0.05, 0) is 0 Å². The van der Waals surface area contributed by atoms with Gasteiger partial charge in [-0.25, -0.2) is 0 Å². The summed E-state index contributed by atoms with van der Waals surface area (Å²) in [5.74, 6) is -0.538. The van der Waals surface area contributed by atoms with Gasteiger partial charge in [0.15, 0.2) is 12.6 Å². The van der Waals surface area contributed by atoms with Crippen molar-refractivity contribution in [2.24, 2.45) is 0 Å². The fourth-order valence-corrected chi connectivity index (χ4v) is 2.87. The second kappa shape index (κ2) is 8.84. The molecule has 12 heteroatoms. The summed E-state index contributed by atoms with van der Waals surface area (Å²) in [6.45, 7) is 0.0944. The van der Waals surface area contributed by atoms with E-state index in [-0.39, 0.29) is 0 Å². The van der Waals surface area contributed by atoms with E-state index in [9.17, 15) is 40.5 Å². The fraction of sp³-hybridized carbons (Fsp3) is 0.929. The molecule has 0 saturated carbocycles. The van der Waals surface area contributed by atoms with Crippen LogP contribution in [-0.4, -0.2) is 116 Å². The van der Waals surface area contributed by atoms with E-state index in [4.69, 9.17) is 14.2 Å². The Balaban J connectivity index is 2.05. The van der Waals surface area contributed by atoms with Gasteiger partial charge in [-0.2, -0.15) is 0 Å². The van der Waals surface area contributed by atoms with E-state index >= 15 is 0 Å². The van der Waals surface area contributed by atoms with Crippen LogP contribution in [0.5, 0.6) is 0 Å². The first kappa shape index (κ1) is 21.4. The molecule has 0 aromatic rings. The molecule has 0 spiro atoms. The van der Waals surface area contributed by atoms with Crippen LogP contribution < -0.4 is 5.32 Å². The standard InChI is InChI=1S/C14H25NO11/c1-4(17)15-7-10(20)8(18)5(2-16)26-14(7)24-3-6-9(19)11(21)12(22)13(23)25-6/h5-14,16,18-23H,2-3H2,1H3,(H,15,17)/t5-,6-,7-,8-,9-,10-,11+,12+,13+,14-/m1/s1. The smallest absolute Gasteiger partial charge is 0.217 e. The van der Waals surface area contributed by atoms with E-state index in [1.54, 1.807) is 0 Å². The van der Waals surface area contributed by atoms with Gasteiger partial charge in [-0.15, -0.1) is 0 Å². The number of rotatable bonds is 5. The van der Waals surface area contributed by atoms with Gasteiger partial charge in [0, 0.05) is 6.92 Å². The van der Waals surface area contributed by atoms with Gasteiger partial charge >= 0.3 is 0 Å². The molecule has 0 aromatic heterocycles. The first-order valence-electron chi connectivity index (χ1n) is 8.06. The largest absolute Gasteiger partial charge is 0.394 e. The fourth-order valence-electron chi connectivity index (χ4n) is 2.87. The predicted molar refractivity (Wildman–Crippen MR) is 80.2 cm³/mol. The van der Waals surface area contributed by atoms with Crippen LogP contribution in [0, 0.1) is 0 Å². The highest BCUT2D eigenvalue weighted by Gasteiger charge is 2.47. The van der Waals surface area contributed by atoms with Crippen LogP contribution in [0.1, 0.15) is 6.92 Å². The first-order valence-corrected chi connectivity index (χ1v) is 8.06. The summed E-state index contributed by atoms with van der Waals surface area (Å²) in [5, 5.41) is 70.1. The molecule has 2 saturated heterocycles. The Morgan fingerprint density at radius 1 is 0.923 bits per heavy atom. The highest BCUT2D eigenvalue weighted by molar-refractivity contribution is 5.73. The maximum absolute atomic E-state index is 11.3. The maximum Gasteiger partial charge on any atom is 0.217 e. The highest BCUT2D eigenvalue weighted by atomic mass is 16.7. The van der Waals surface area contributed by atoms with Crippen LogP contribution in [-0.2, 0) is 19.0 Å². The average Bonchev–Trinajstić information content (AvgIpc) is 2.60. The summed E-state index contributed by atoms with van der Waals surface area (Å²) in [6.07, 6.45) is -13.5. The van der Waals surface area contributed by atoms with Gasteiger partial charge in [0.1, 0.15) is 48.8 Å². The summed E-state index contributed by atoms with van der Waals surface area (Å²) >= 11 is 0. The van der Waals surface area contributed by atoms with Crippen LogP contribution in [0.25, 0.3) is 0 Å². The molecular weight excluding hydrogens is 358 g/mol. The molecule has 10 atom stereocenters. The molecule has 26 heavy (non-hydrogen) atoms. The molecule has 0 radical (unpaired) electrons. The molecule has 2 fully saturated rings. The Bertz CT molecular complexity index is 480. The van der Waals surface area contributed by atoms with Crippen molar-refractivity contribution in [2.75, 3.05) is 13.2 Å². The number of amides is 1. The van der Waals surface area contributed by atoms with Crippen molar-refractivity contribution >= 4 is 5.91 Å². The molecule has 12 nitrogen and oxygen atoms in total. The van der Waals surface area contributed by atoms with Crippen molar-refractivity contribution in [3.8, 4) is 0 Å². The summed E-state index contributed by atoms with van der Waals surface area (Å²) < 4.78 is 15.7. The molecule has 1 amide bonds. The number of aliphatic hydroxyl groups excluding tert-OH is 7. The van der Waals surface area contributed by atoms with Gasteiger partial charge in [0.25, 0.3) is 0 Å². The van der Waals surface area contributed by atoms with Crippen LogP contribution in [0.3, 0.4) is 0 Å². The Morgan fingerprint density at radius 2 is 1.54 bits per heavy atom. The van der Waals surface area contributed by atoms with E-state index in [1.807, 2.05) is 0 Å². The predicted octanol–water partition coefficient (Wildman–Crippen LogP) is -5.25. The lowest BCUT2D eigenvalue weighted by Gasteiger charge is -2.43. The van der Waals surface area contributed by atoms with Gasteiger partial charge in [0.05, 0.1) is 13.2 Å². The molecule has 2 aliphatic heterocycles. The lowest BCUT2D eigenvalue weighted by atomic mass is 9.96. The Kier molecular flexibility index (Phi) is 7.27. The van der Waals surface area contributed by atoms with Gasteiger partial charge in [0.2, 0.25) is 5.91 Å². The van der Waals surface area contributed by atoms with Crippen molar-refractivity contribution in [3.05, 3.63) is 0 Å². The van der Waals surface area contributed by atoms with Gasteiger partial charge in [-0.3, -0.25) is 4.79 Å². The minimum Gasteiger partial charge on any atom is -0.394 e. The van der Waals surface area contributed by atoms with Crippen LogP contribution in [0.15, 0.2) is 0 Å². The molecule has 0 aliphatic carbocycles. The minimum atomic E-state index is -1.75. The third kappa shape index (κ3) is 4.48. The van der Waals surface area contributed by atoms with Crippen molar-refractivity contribution in [1.29, 1.82) is 0 Å². The molecule has 152 valence electrons. The van der Waals surface area contributed by atoms with E-state index in [0.717, 1.165) is 0 Å². The molecular formula is C14H25NO11. The van der Waals surface area contributed by atoms with Crippen molar-refractivity contribution in [2.45, 2.75) is 68.3 Å². The Morgan fingerprint density at radius 3 is 2.12 bits per heavy atom. The molecule has 8 N–H and O–H groups in total. The molecule has 2 rings (SSSR count). The summed E-state index contributed by atoms with van der Waals surface area (Å²) in [7, 11) is 0. The molecule has 2 aliphatic rings. The average molecular weight is 383 g/mol. The number of nitrogens with one attached hydrogen (secondary N) is 1. The van der Waals surface area contributed by atoms with Crippen molar-refractivity contribution in [1.82, 2.24) is 5.32 Å². The van der Waals surface area contributed by atoms with Gasteiger partial charge in [-0.1, -0.05) is 0 Å². The number of ether oxygens (including phenoxy) is 3. The third-order valence-corrected chi connectivity index (χ3v) is 4.36. The SMILES string of the molecule is CC(=O)N[C@H]1[C@H](OC[C@H]2O[C@H](O)[C@@H](O)[C@@H](O)[C@@H]2O)O[C@H](CO)[C@@H](O)[C@@H]1O. The molecule has 0 unspecified atom stereocenters. The van der Waals surface area contributed by atoms with E-state index in [1.165, 1.54) is 6.92 Å². The zero-order valence-corrected chi connectivity index (χ0v) is 14.0. The Labute approximate surface area is 148 Å². The summed E-state index contributed by atoms with van der Waals surface area (Å²) in [5.41, 5.74) is 0. The lowest BCUT2D eigenvalue weighted by Crippen LogP contribution is -2.65. The normalized spacial score (nSPS) is 46.8. The molecule has 0 bridgehead atoms. The number of carbonyl (C=O) groups is 1. The number of carbonyl (C=O) groups excluding carboxylic acids is 1. The molecule has 2 heterocycles. The van der Waals surface area contributed by atoms with Crippen LogP contribution in [0.4, 0.5) is 0 Å². The van der Waals surface area contributed by atoms with Crippen molar-refractivity contribution in [3.63, 3.8) is 0 Å². The van der Waals surface area contributed by atoms with Crippen LogP contribution in [0.2, 0.25) is 0 Å². The first-order chi connectivity index (χ1) is 12.2. The summed E-state index contributed by atoms with van der Waals surface area (Å²) in [6, 6.07) is -1.19. The zero-order chi connectivity index (χ0) is 19.6. The van der Waals surface area contributed by atoms with Crippen LogP contribution >= 0.6 is 0 Å². The maximum atomic E-state index is 11.3. The second-order valence-corrected chi connectivity index (χ2v) is 6.30. The van der Waals surface area contributed by atoms with E-state index in [0.29, 0.717) is 0 Å². The highest BCUT2D eigenvalue weighted by Crippen LogP contribution is 2.25. The minimum absolute atomic E-state index is 0.455. The monoisotopic (exact) mass is 383 g/mol. The van der Waals surface area contributed by atoms with E-state index < -0.39 is 80.5 Å². The number of hydrogen-bond acceptors (Lipinski definition) is 11. The van der Waals surface area contributed by atoms with Crippen molar-refractivity contribution < 1.29 is 54.8 Å². The topological polar surface area (TPSA) is 198 Å². The quantitative estimate of drug-likeness (QED) is 0.226.